The minimum atomic E-state index is 0.166. The Bertz CT molecular complexity index is 730. The Hall–Kier alpha value is -2.22. The second-order valence-electron chi connectivity index (χ2n) is 6.78. The summed E-state index contributed by atoms with van der Waals surface area (Å²) in [6, 6.07) is 8.18. The molecule has 0 spiro atoms. The Morgan fingerprint density at radius 3 is 2.25 bits per heavy atom. The van der Waals surface area contributed by atoms with E-state index in [1.54, 1.807) is 21.3 Å². The Kier molecular flexibility index (Phi) is 7.19. The minimum absolute atomic E-state index is 0.166. The minimum Gasteiger partial charge on any atom is -0.493 e. The number of ether oxygens (including phenoxy) is 4. The van der Waals surface area contributed by atoms with Gasteiger partial charge >= 0.3 is 0 Å². The molecule has 1 aliphatic rings. The van der Waals surface area contributed by atoms with E-state index in [0.29, 0.717) is 23.8 Å². The third-order valence-electron chi connectivity index (χ3n) is 4.97. The predicted molar refractivity (Wildman–Crippen MR) is 106 cm³/mol. The monoisotopic (exact) mass is 390 g/mol. The molecule has 3 rings (SSSR count). The molecular formula is C21H30N2O5. The van der Waals surface area contributed by atoms with Crippen LogP contribution in [0.25, 0.3) is 0 Å². The van der Waals surface area contributed by atoms with E-state index < -0.39 is 0 Å². The second-order valence-corrected chi connectivity index (χ2v) is 6.78. The summed E-state index contributed by atoms with van der Waals surface area (Å²) >= 11 is 0. The highest BCUT2D eigenvalue weighted by Crippen LogP contribution is 2.38. The van der Waals surface area contributed by atoms with Crippen LogP contribution in [0.3, 0.4) is 0 Å². The molecular weight excluding hydrogens is 360 g/mol. The predicted octanol–water partition coefficient (Wildman–Crippen LogP) is 2.78. The first-order chi connectivity index (χ1) is 13.7. The Labute approximate surface area is 166 Å². The molecule has 1 aliphatic heterocycles. The smallest absolute Gasteiger partial charge is 0.203 e. The number of aryl methyl sites for hydroxylation is 1. The number of nitrogens with one attached hydrogen (secondary N) is 1. The molecule has 1 fully saturated rings. The van der Waals surface area contributed by atoms with Crippen LogP contribution >= 0.6 is 0 Å². The van der Waals surface area contributed by atoms with E-state index >= 15 is 0 Å². The van der Waals surface area contributed by atoms with Gasteiger partial charge in [0.2, 0.25) is 5.75 Å². The largest absolute Gasteiger partial charge is 0.493 e. The van der Waals surface area contributed by atoms with Crippen LogP contribution in [0.4, 0.5) is 0 Å². The fourth-order valence-electron chi connectivity index (χ4n) is 3.52. The molecule has 0 bridgehead atoms. The zero-order valence-electron chi connectivity index (χ0n) is 17.1. The standard InChI is InChI=1S/C21H30N2O5/c1-15-5-6-18(28-15)17(23-7-9-27-10-8-23)14-22-13-16-11-19(24-2)21(26-4)20(12-16)25-3/h5-6,11-12,17,22H,7-10,13-14H2,1-4H3. The van der Waals surface area contributed by atoms with Gasteiger partial charge in [-0.2, -0.15) is 0 Å². The van der Waals surface area contributed by atoms with Crippen molar-refractivity contribution in [1.29, 1.82) is 0 Å². The van der Waals surface area contributed by atoms with Gasteiger partial charge in [0, 0.05) is 26.2 Å². The van der Waals surface area contributed by atoms with Crippen molar-refractivity contribution in [3.8, 4) is 17.2 Å². The molecule has 28 heavy (non-hydrogen) atoms. The van der Waals surface area contributed by atoms with Crippen molar-refractivity contribution >= 4 is 0 Å². The number of furan rings is 1. The number of hydrogen-bond donors (Lipinski definition) is 1. The Morgan fingerprint density at radius 1 is 1.04 bits per heavy atom. The average molecular weight is 390 g/mol. The molecule has 1 aromatic heterocycles. The van der Waals surface area contributed by atoms with E-state index in [2.05, 4.69) is 16.3 Å². The van der Waals surface area contributed by atoms with E-state index in [1.807, 2.05) is 25.1 Å². The topological polar surface area (TPSA) is 65.3 Å². The highest BCUT2D eigenvalue weighted by molar-refractivity contribution is 5.53. The fraction of sp³-hybridized carbons (Fsp3) is 0.524. The lowest BCUT2D eigenvalue weighted by molar-refractivity contribution is 0.0115. The molecule has 0 saturated carbocycles. The summed E-state index contributed by atoms with van der Waals surface area (Å²) in [6.07, 6.45) is 0. The van der Waals surface area contributed by atoms with Crippen LogP contribution in [-0.2, 0) is 11.3 Å². The molecule has 154 valence electrons. The molecule has 1 N–H and O–H groups in total. The molecule has 7 nitrogen and oxygen atoms in total. The van der Waals surface area contributed by atoms with Crippen molar-refractivity contribution in [3.05, 3.63) is 41.3 Å². The van der Waals surface area contributed by atoms with Crippen LogP contribution in [0.1, 0.15) is 23.1 Å². The quantitative estimate of drug-likeness (QED) is 0.706. The second kappa shape index (κ2) is 9.82. The number of nitrogens with zero attached hydrogens (tertiary/aromatic N) is 1. The molecule has 2 heterocycles. The molecule has 0 radical (unpaired) electrons. The van der Waals surface area contributed by atoms with Crippen molar-refractivity contribution in [2.75, 3.05) is 54.2 Å². The van der Waals surface area contributed by atoms with Crippen molar-refractivity contribution < 1.29 is 23.4 Å². The van der Waals surface area contributed by atoms with Gasteiger partial charge in [0.05, 0.1) is 40.6 Å². The summed E-state index contributed by atoms with van der Waals surface area (Å²) in [4.78, 5) is 2.41. The van der Waals surface area contributed by atoms with E-state index in [0.717, 1.165) is 49.9 Å². The molecule has 0 aliphatic carbocycles. The maximum absolute atomic E-state index is 5.93. The first-order valence-corrected chi connectivity index (χ1v) is 9.54. The summed E-state index contributed by atoms with van der Waals surface area (Å²) in [5.41, 5.74) is 1.06. The van der Waals surface area contributed by atoms with Gasteiger partial charge < -0.3 is 28.7 Å². The number of morpholine rings is 1. The van der Waals surface area contributed by atoms with Gasteiger partial charge in [-0.05, 0) is 36.8 Å². The van der Waals surface area contributed by atoms with Gasteiger partial charge in [-0.3, -0.25) is 4.90 Å². The van der Waals surface area contributed by atoms with Gasteiger partial charge in [0.25, 0.3) is 0 Å². The van der Waals surface area contributed by atoms with Crippen LogP contribution in [-0.4, -0.2) is 59.1 Å². The van der Waals surface area contributed by atoms with E-state index in [4.69, 9.17) is 23.4 Å². The van der Waals surface area contributed by atoms with Crippen molar-refractivity contribution in [2.24, 2.45) is 0 Å². The molecule has 1 unspecified atom stereocenters. The van der Waals surface area contributed by atoms with Crippen LogP contribution < -0.4 is 19.5 Å². The summed E-state index contributed by atoms with van der Waals surface area (Å²) in [5, 5.41) is 3.55. The third-order valence-corrected chi connectivity index (χ3v) is 4.97. The van der Waals surface area contributed by atoms with Crippen LogP contribution in [0, 0.1) is 6.92 Å². The molecule has 7 heteroatoms. The van der Waals surface area contributed by atoms with Gasteiger partial charge in [-0.1, -0.05) is 0 Å². The number of rotatable bonds is 9. The SMILES string of the molecule is COc1cc(CNCC(c2ccc(C)o2)N2CCOCC2)cc(OC)c1OC. The lowest BCUT2D eigenvalue weighted by atomic mass is 10.1. The van der Waals surface area contributed by atoms with E-state index in [-0.39, 0.29) is 6.04 Å². The van der Waals surface area contributed by atoms with E-state index in [1.165, 1.54) is 0 Å². The molecule has 2 aromatic rings. The number of methoxy groups -OCH3 is 3. The van der Waals surface area contributed by atoms with Crippen LogP contribution in [0.15, 0.2) is 28.7 Å². The summed E-state index contributed by atoms with van der Waals surface area (Å²) < 4.78 is 27.7. The van der Waals surface area contributed by atoms with Gasteiger partial charge in [-0.25, -0.2) is 0 Å². The highest BCUT2D eigenvalue weighted by atomic mass is 16.5. The molecule has 0 amide bonds. The first kappa shape index (κ1) is 20.5. The van der Waals surface area contributed by atoms with Crippen molar-refractivity contribution in [3.63, 3.8) is 0 Å². The third kappa shape index (κ3) is 4.79. The summed E-state index contributed by atoms with van der Waals surface area (Å²) in [6.45, 7) is 6.72. The molecule has 1 aromatic carbocycles. The maximum Gasteiger partial charge on any atom is 0.203 e. The maximum atomic E-state index is 5.93. The molecule has 1 atom stereocenters. The summed E-state index contributed by atoms with van der Waals surface area (Å²) in [5.74, 6) is 3.83. The van der Waals surface area contributed by atoms with E-state index in [9.17, 15) is 0 Å². The zero-order valence-corrected chi connectivity index (χ0v) is 17.1. The van der Waals surface area contributed by atoms with Crippen LogP contribution in [0.2, 0.25) is 0 Å². The zero-order chi connectivity index (χ0) is 19.9. The Morgan fingerprint density at radius 2 is 1.71 bits per heavy atom. The lowest BCUT2D eigenvalue weighted by Gasteiger charge is -2.33. The summed E-state index contributed by atoms with van der Waals surface area (Å²) in [7, 11) is 4.86. The lowest BCUT2D eigenvalue weighted by Crippen LogP contribution is -2.42. The fourth-order valence-corrected chi connectivity index (χ4v) is 3.52. The van der Waals surface area contributed by atoms with Gasteiger partial charge in [0.1, 0.15) is 11.5 Å². The highest BCUT2D eigenvalue weighted by Gasteiger charge is 2.25. The number of benzene rings is 1. The van der Waals surface area contributed by atoms with Crippen molar-refractivity contribution in [2.45, 2.75) is 19.5 Å². The molecule has 1 saturated heterocycles. The normalized spacial score (nSPS) is 16.0. The first-order valence-electron chi connectivity index (χ1n) is 9.54. The van der Waals surface area contributed by atoms with Gasteiger partial charge in [0.15, 0.2) is 11.5 Å². The average Bonchev–Trinajstić information content (AvgIpc) is 3.16. The van der Waals surface area contributed by atoms with Crippen molar-refractivity contribution in [1.82, 2.24) is 10.2 Å². The van der Waals surface area contributed by atoms with Crippen LogP contribution in [0.5, 0.6) is 17.2 Å². The number of hydrogen-bond acceptors (Lipinski definition) is 7. The Balaban J connectivity index is 1.70. The van der Waals surface area contributed by atoms with Gasteiger partial charge in [-0.15, -0.1) is 0 Å².